The van der Waals surface area contributed by atoms with E-state index in [2.05, 4.69) is 20.2 Å². The molecular weight excluding hydrogens is 429 g/mol. The molecular formula is C21H25F3N4O4. The summed E-state index contributed by atoms with van der Waals surface area (Å²) in [6.45, 7) is 5.90. The number of nitrogens with one attached hydrogen (secondary N) is 1. The van der Waals surface area contributed by atoms with Gasteiger partial charge in [0.05, 0.1) is 19.0 Å². The monoisotopic (exact) mass is 454 g/mol. The number of aromatic nitrogens is 2. The number of halogens is 3. The Morgan fingerprint density at radius 1 is 1.12 bits per heavy atom. The van der Waals surface area contributed by atoms with Gasteiger partial charge in [0.15, 0.2) is 5.75 Å². The van der Waals surface area contributed by atoms with E-state index in [1.165, 1.54) is 0 Å². The van der Waals surface area contributed by atoms with E-state index < -0.39 is 12.0 Å². The predicted octanol–water partition coefficient (Wildman–Crippen LogP) is 3.42. The minimum absolute atomic E-state index is 0.0219. The number of rotatable bonds is 9. The molecule has 174 valence electrons. The third kappa shape index (κ3) is 6.46. The molecule has 8 nitrogen and oxygen atoms in total. The lowest BCUT2D eigenvalue weighted by molar-refractivity contribution is -0.145. The highest BCUT2D eigenvalue weighted by molar-refractivity contribution is 5.77. The largest absolute Gasteiger partial charge is 0.494 e. The van der Waals surface area contributed by atoms with Crippen molar-refractivity contribution in [3.8, 4) is 17.2 Å². The molecule has 1 N–H and O–H groups in total. The molecule has 0 bridgehead atoms. The van der Waals surface area contributed by atoms with Crippen LogP contribution in [0.25, 0.3) is 0 Å². The van der Waals surface area contributed by atoms with Crippen LogP contribution in [0.1, 0.15) is 26.1 Å². The van der Waals surface area contributed by atoms with E-state index >= 15 is 0 Å². The first-order valence-electron chi connectivity index (χ1n) is 10.3. The van der Waals surface area contributed by atoms with Gasteiger partial charge in [-0.15, -0.1) is 0 Å². The Hall–Kier alpha value is -3.08. The van der Waals surface area contributed by atoms with E-state index in [-0.39, 0.29) is 24.3 Å². The van der Waals surface area contributed by atoms with E-state index in [0.29, 0.717) is 37.8 Å². The zero-order valence-corrected chi connectivity index (χ0v) is 17.8. The van der Waals surface area contributed by atoms with E-state index in [1.807, 2.05) is 19.9 Å². The van der Waals surface area contributed by atoms with Crippen molar-refractivity contribution in [2.45, 2.75) is 32.5 Å². The summed E-state index contributed by atoms with van der Waals surface area (Å²) in [6, 6.07) is 5.22. The Bertz CT molecular complexity index is 909. The van der Waals surface area contributed by atoms with Crippen LogP contribution in [0.5, 0.6) is 17.2 Å². The highest BCUT2D eigenvalue weighted by atomic mass is 19.4. The minimum Gasteiger partial charge on any atom is -0.494 e. The summed E-state index contributed by atoms with van der Waals surface area (Å²) < 4.78 is 54.4. The van der Waals surface area contributed by atoms with Crippen molar-refractivity contribution < 1.29 is 32.2 Å². The summed E-state index contributed by atoms with van der Waals surface area (Å²) in [4.78, 5) is 20.6. The zero-order chi connectivity index (χ0) is 23.1. The van der Waals surface area contributed by atoms with Crippen molar-refractivity contribution in [1.82, 2.24) is 15.3 Å². The number of hydrogen-bond donors (Lipinski definition) is 1. The van der Waals surface area contributed by atoms with Crippen molar-refractivity contribution in [3.05, 3.63) is 36.4 Å². The molecule has 1 aromatic heterocycles. The molecule has 3 rings (SSSR count). The lowest BCUT2D eigenvalue weighted by Gasteiger charge is -2.21. The lowest BCUT2D eigenvalue weighted by atomic mass is 10.2. The molecule has 2 heterocycles. The number of benzene rings is 1. The molecule has 1 fully saturated rings. The van der Waals surface area contributed by atoms with Crippen LogP contribution >= 0.6 is 0 Å². The topological polar surface area (TPSA) is 85.8 Å². The standard InChI is InChI=1S/C21H25F3N4O4/c1-3-30-13-19(29)27-14-5-6-28(12-14)15-7-16(31-4-2)9-17(8-15)32-18-10-25-20(26-11-18)21(22,23)24/h7-11,14H,3-6,12-13H2,1-2H3,(H,27,29)/t14-/m0/s1. The maximum atomic E-state index is 12.7. The molecule has 0 spiro atoms. The van der Waals surface area contributed by atoms with E-state index in [4.69, 9.17) is 14.2 Å². The van der Waals surface area contributed by atoms with Crippen molar-refractivity contribution >= 4 is 11.6 Å². The second-order valence-electron chi connectivity index (χ2n) is 7.07. The quantitative estimate of drug-likeness (QED) is 0.621. The fraction of sp³-hybridized carbons (Fsp3) is 0.476. The van der Waals surface area contributed by atoms with E-state index in [1.54, 1.807) is 12.1 Å². The fourth-order valence-electron chi connectivity index (χ4n) is 3.28. The molecule has 11 heteroatoms. The first kappa shape index (κ1) is 23.6. The molecule has 0 saturated carbocycles. The summed E-state index contributed by atoms with van der Waals surface area (Å²) in [7, 11) is 0. The number of carbonyl (C=O) groups excluding carboxylic acids is 1. The molecule has 1 aliphatic rings. The van der Waals surface area contributed by atoms with Gasteiger partial charge >= 0.3 is 6.18 Å². The van der Waals surface area contributed by atoms with Gasteiger partial charge in [-0.3, -0.25) is 4.79 Å². The van der Waals surface area contributed by atoms with Crippen LogP contribution < -0.4 is 19.7 Å². The van der Waals surface area contributed by atoms with Gasteiger partial charge in [0, 0.05) is 49.6 Å². The Morgan fingerprint density at radius 3 is 2.50 bits per heavy atom. The number of ether oxygens (including phenoxy) is 3. The summed E-state index contributed by atoms with van der Waals surface area (Å²) in [5.41, 5.74) is 0.806. The van der Waals surface area contributed by atoms with Gasteiger partial charge in [-0.2, -0.15) is 13.2 Å². The van der Waals surface area contributed by atoms with Gasteiger partial charge < -0.3 is 24.4 Å². The normalized spacial score (nSPS) is 16.2. The van der Waals surface area contributed by atoms with Crippen molar-refractivity contribution in [2.75, 3.05) is 37.8 Å². The first-order chi connectivity index (χ1) is 15.3. The highest BCUT2D eigenvalue weighted by Gasteiger charge is 2.34. The molecule has 1 aliphatic heterocycles. The SMILES string of the molecule is CCOCC(=O)N[C@H]1CCN(c2cc(OCC)cc(Oc3cnc(C(F)(F)F)nc3)c2)C1. The molecule has 0 unspecified atom stereocenters. The van der Waals surface area contributed by atoms with Crippen molar-refractivity contribution in [3.63, 3.8) is 0 Å². The third-order valence-corrected chi connectivity index (χ3v) is 4.65. The molecule has 1 amide bonds. The van der Waals surface area contributed by atoms with Gasteiger partial charge in [0.2, 0.25) is 11.7 Å². The second kappa shape index (κ2) is 10.5. The van der Waals surface area contributed by atoms with Crippen LogP contribution in [0.4, 0.5) is 18.9 Å². The molecule has 1 atom stereocenters. The average molecular weight is 454 g/mol. The molecule has 0 radical (unpaired) electrons. The number of amides is 1. The third-order valence-electron chi connectivity index (χ3n) is 4.65. The van der Waals surface area contributed by atoms with Gasteiger partial charge in [0.25, 0.3) is 0 Å². The van der Waals surface area contributed by atoms with E-state index in [9.17, 15) is 18.0 Å². The highest BCUT2D eigenvalue weighted by Crippen LogP contribution is 2.33. The molecule has 32 heavy (non-hydrogen) atoms. The molecule has 0 aliphatic carbocycles. The van der Waals surface area contributed by atoms with Gasteiger partial charge in [-0.25, -0.2) is 9.97 Å². The van der Waals surface area contributed by atoms with Crippen LogP contribution in [0.15, 0.2) is 30.6 Å². The number of hydrogen-bond acceptors (Lipinski definition) is 7. The molecule has 1 aromatic carbocycles. The van der Waals surface area contributed by atoms with Gasteiger partial charge in [-0.05, 0) is 20.3 Å². The predicted molar refractivity (Wildman–Crippen MR) is 110 cm³/mol. The number of alkyl halides is 3. The van der Waals surface area contributed by atoms with Gasteiger partial charge in [0.1, 0.15) is 18.1 Å². The van der Waals surface area contributed by atoms with Crippen molar-refractivity contribution in [1.29, 1.82) is 0 Å². The molecule has 1 saturated heterocycles. The Labute approximate surface area is 183 Å². The molecule has 2 aromatic rings. The van der Waals surface area contributed by atoms with Crippen LogP contribution in [0.3, 0.4) is 0 Å². The van der Waals surface area contributed by atoms with E-state index in [0.717, 1.165) is 24.5 Å². The van der Waals surface area contributed by atoms with Crippen LogP contribution in [0, 0.1) is 0 Å². The Morgan fingerprint density at radius 2 is 1.84 bits per heavy atom. The number of carbonyl (C=O) groups is 1. The summed E-state index contributed by atoms with van der Waals surface area (Å²) in [5, 5.41) is 2.95. The first-order valence-corrected chi connectivity index (χ1v) is 10.3. The number of nitrogens with zero attached hydrogens (tertiary/aromatic N) is 3. The Kier molecular flexibility index (Phi) is 7.73. The summed E-state index contributed by atoms with van der Waals surface area (Å²) >= 11 is 0. The average Bonchev–Trinajstić information content (AvgIpc) is 3.20. The van der Waals surface area contributed by atoms with Crippen LogP contribution in [0.2, 0.25) is 0 Å². The van der Waals surface area contributed by atoms with Gasteiger partial charge in [-0.1, -0.05) is 0 Å². The van der Waals surface area contributed by atoms with Crippen LogP contribution in [-0.4, -0.2) is 54.8 Å². The second-order valence-corrected chi connectivity index (χ2v) is 7.07. The maximum absolute atomic E-state index is 12.7. The maximum Gasteiger partial charge on any atom is 0.451 e. The smallest absolute Gasteiger partial charge is 0.451 e. The summed E-state index contributed by atoms with van der Waals surface area (Å²) in [6.07, 6.45) is -1.91. The van der Waals surface area contributed by atoms with Crippen molar-refractivity contribution in [2.24, 2.45) is 0 Å². The summed E-state index contributed by atoms with van der Waals surface area (Å²) in [5.74, 6) is -0.397. The lowest BCUT2D eigenvalue weighted by Crippen LogP contribution is -2.39. The van der Waals surface area contributed by atoms with Crippen LogP contribution in [-0.2, 0) is 15.7 Å². The zero-order valence-electron chi connectivity index (χ0n) is 17.8. The fourth-order valence-corrected chi connectivity index (χ4v) is 3.28. The Balaban J connectivity index is 1.71. The minimum atomic E-state index is -4.62. The number of anilines is 1.